The maximum Gasteiger partial charge on any atom is 0.264 e. The molecule has 0 amide bonds. The maximum absolute atomic E-state index is 13.5. The topological polar surface area (TPSA) is 115 Å². The van der Waals surface area contributed by atoms with Gasteiger partial charge in [-0.2, -0.15) is 19.3 Å². The quantitative estimate of drug-likeness (QED) is 0.325. The van der Waals surface area contributed by atoms with Gasteiger partial charge in [0.1, 0.15) is 12.1 Å². The number of nitrogens with zero attached hydrogens (tertiary/aromatic N) is 8. The summed E-state index contributed by atoms with van der Waals surface area (Å²) in [7, 11) is -2.24. The van der Waals surface area contributed by atoms with Crippen LogP contribution in [0.2, 0.25) is 0 Å². The number of piperazine rings is 1. The van der Waals surface area contributed by atoms with E-state index >= 15 is 0 Å². The molecule has 5 aromatic rings. The maximum atomic E-state index is 13.5. The molecule has 0 bridgehead atoms. The highest BCUT2D eigenvalue weighted by molar-refractivity contribution is 7.89. The van der Waals surface area contributed by atoms with Crippen LogP contribution < -0.4 is 0 Å². The molecule has 1 atom stereocenters. The van der Waals surface area contributed by atoms with Gasteiger partial charge < -0.3 is 4.52 Å². The highest BCUT2D eigenvalue weighted by Gasteiger charge is 2.37. The van der Waals surface area contributed by atoms with Crippen LogP contribution in [0, 0.1) is 12.7 Å². The van der Waals surface area contributed by atoms with Gasteiger partial charge in [-0.25, -0.2) is 17.5 Å². The average Bonchev–Trinajstić information content (AvgIpc) is 3.66. The zero-order valence-electron chi connectivity index (χ0n) is 20.8. The minimum Gasteiger partial charge on any atom is -0.364 e. The first-order valence-corrected chi connectivity index (χ1v) is 13.5. The van der Waals surface area contributed by atoms with E-state index < -0.39 is 10.0 Å². The minimum atomic E-state index is -3.83. The normalized spacial score (nSPS) is 17.4. The fraction of sp³-hybridized carbons (Fsp3) is 0.280. The third kappa shape index (κ3) is 4.38. The van der Waals surface area contributed by atoms with Crippen molar-refractivity contribution < 1.29 is 17.3 Å². The van der Waals surface area contributed by atoms with Crippen molar-refractivity contribution in [2.75, 3.05) is 19.6 Å². The molecule has 2 aromatic carbocycles. The SMILES string of the molecule is Cc1cc2c(cnn2-c2ccc(F)cc2)cc1C1CN(S(=O)(=O)c2cnn(C)n2)CCN1Cc1ccon1. The Balaban J connectivity index is 1.39. The van der Waals surface area contributed by atoms with E-state index in [9.17, 15) is 12.8 Å². The molecule has 6 rings (SSSR count). The van der Waals surface area contributed by atoms with E-state index in [0.717, 1.165) is 33.4 Å². The molecule has 0 saturated carbocycles. The van der Waals surface area contributed by atoms with Crippen LogP contribution in [0.25, 0.3) is 16.6 Å². The second kappa shape index (κ2) is 9.42. The van der Waals surface area contributed by atoms with Crippen molar-refractivity contribution in [3.05, 3.63) is 83.8 Å². The lowest BCUT2D eigenvalue weighted by atomic mass is 9.96. The van der Waals surface area contributed by atoms with Gasteiger partial charge in [0.05, 0.1) is 29.3 Å². The molecule has 13 heteroatoms. The first kappa shape index (κ1) is 24.4. The monoisotopic (exact) mass is 536 g/mol. The van der Waals surface area contributed by atoms with Crippen molar-refractivity contribution in [3.63, 3.8) is 0 Å². The lowest BCUT2D eigenvalue weighted by Gasteiger charge is -2.41. The van der Waals surface area contributed by atoms with E-state index in [2.05, 4.69) is 31.4 Å². The third-order valence-corrected chi connectivity index (χ3v) is 8.61. The third-order valence-electron chi connectivity index (χ3n) is 6.88. The molecule has 1 aliphatic rings. The summed E-state index contributed by atoms with van der Waals surface area (Å²) in [6.45, 7) is 3.53. The zero-order chi connectivity index (χ0) is 26.4. The first-order chi connectivity index (χ1) is 18.3. The number of halogens is 1. The van der Waals surface area contributed by atoms with Crippen LogP contribution in [0.1, 0.15) is 22.9 Å². The highest BCUT2D eigenvalue weighted by Crippen LogP contribution is 2.34. The van der Waals surface area contributed by atoms with Crippen LogP contribution in [0.4, 0.5) is 4.39 Å². The van der Waals surface area contributed by atoms with Gasteiger partial charge in [0.25, 0.3) is 10.0 Å². The van der Waals surface area contributed by atoms with Crippen LogP contribution in [0.3, 0.4) is 0 Å². The van der Waals surface area contributed by atoms with Crippen LogP contribution in [-0.4, -0.2) is 67.2 Å². The molecule has 4 heterocycles. The molecule has 196 valence electrons. The summed E-state index contributed by atoms with van der Waals surface area (Å²) >= 11 is 0. The Bertz CT molecular complexity index is 1700. The molecule has 0 aliphatic carbocycles. The lowest BCUT2D eigenvalue weighted by molar-refractivity contribution is 0.107. The van der Waals surface area contributed by atoms with Crippen molar-refractivity contribution >= 4 is 20.9 Å². The van der Waals surface area contributed by atoms with E-state index in [1.54, 1.807) is 30.1 Å². The lowest BCUT2D eigenvalue weighted by Crippen LogP contribution is -2.50. The smallest absolute Gasteiger partial charge is 0.264 e. The van der Waals surface area contributed by atoms with Crippen molar-refractivity contribution in [1.82, 2.24) is 39.1 Å². The van der Waals surface area contributed by atoms with E-state index in [0.29, 0.717) is 19.6 Å². The number of benzene rings is 2. The standard InChI is InChI=1S/C25H25FN8O3S/c1-17-11-23-18(13-28-34(23)21-5-3-19(26)4-6-21)12-22(17)24-16-33(38(35,36)25-14-27-31(2)29-25)9-8-32(24)15-20-7-10-37-30-20/h3-7,10-14,24H,8-9,15-16H2,1-2H3. The molecule has 1 saturated heterocycles. The van der Waals surface area contributed by atoms with Gasteiger partial charge in [0.15, 0.2) is 0 Å². The molecule has 1 aliphatic heterocycles. The number of hydrogen-bond acceptors (Lipinski definition) is 8. The van der Waals surface area contributed by atoms with Crippen molar-refractivity contribution in [3.8, 4) is 5.69 Å². The van der Waals surface area contributed by atoms with Gasteiger partial charge in [-0.1, -0.05) is 5.16 Å². The van der Waals surface area contributed by atoms with Gasteiger partial charge in [-0.05, 0) is 54.4 Å². The van der Waals surface area contributed by atoms with Gasteiger partial charge in [0, 0.05) is 50.7 Å². The Hall–Kier alpha value is -3.94. The summed E-state index contributed by atoms with van der Waals surface area (Å²) < 4.78 is 48.5. The number of sulfonamides is 1. The molecular formula is C25H25FN8O3S. The molecule has 0 N–H and O–H groups in total. The average molecular weight is 537 g/mol. The van der Waals surface area contributed by atoms with Crippen molar-refractivity contribution in [2.24, 2.45) is 7.05 Å². The van der Waals surface area contributed by atoms with E-state index in [1.807, 2.05) is 19.1 Å². The number of aromatic nitrogens is 6. The molecule has 38 heavy (non-hydrogen) atoms. The van der Waals surface area contributed by atoms with Crippen LogP contribution in [-0.2, 0) is 23.6 Å². The number of fused-ring (bicyclic) bond motifs is 1. The molecule has 11 nitrogen and oxygen atoms in total. The Labute approximate surface area is 218 Å². The molecule has 0 radical (unpaired) electrons. The van der Waals surface area contributed by atoms with Crippen LogP contribution >= 0.6 is 0 Å². The second-order valence-electron chi connectivity index (χ2n) is 9.31. The summed E-state index contributed by atoms with van der Waals surface area (Å²) in [6, 6.07) is 11.8. The predicted octanol–water partition coefficient (Wildman–Crippen LogP) is 2.84. The van der Waals surface area contributed by atoms with Gasteiger partial charge in [-0.3, -0.25) is 4.90 Å². The zero-order valence-corrected chi connectivity index (χ0v) is 21.6. The molecule has 0 spiro atoms. The molecule has 3 aromatic heterocycles. The Morgan fingerprint density at radius 1 is 1.08 bits per heavy atom. The molecular weight excluding hydrogens is 511 g/mol. The molecule has 1 unspecified atom stereocenters. The van der Waals surface area contributed by atoms with Gasteiger partial charge in [0.2, 0.25) is 5.03 Å². The first-order valence-electron chi connectivity index (χ1n) is 12.0. The Morgan fingerprint density at radius 3 is 2.61 bits per heavy atom. The fourth-order valence-corrected chi connectivity index (χ4v) is 6.27. The number of aryl methyl sites for hydroxylation is 2. The minimum absolute atomic E-state index is 0.0727. The number of hydrogen-bond donors (Lipinski definition) is 0. The fourth-order valence-electron chi connectivity index (χ4n) is 4.95. The molecule has 1 fully saturated rings. The Morgan fingerprint density at radius 2 is 1.89 bits per heavy atom. The summed E-state index contributed by atoms with van der Waals surface area (Å²) in [6.07, 6.45) is 4.56. The highest BCUT2D eigenvalue weighted by atomic mass is 32.2. The summed E-state index contributed by atoms with van der Waals surface area (Å²) in [4.78, 5) is 3.45. The second-order valence-corrected chi connectivity index (χ2v) is 11.2. The van der Waals surface area contributed by atoms with Crippen molar-refractivity contribution in [2.45, 2.75) is 24.5 Å². The predicted molar refractivity (Wildman–Crippen MR) is 135 cm³/mol. The van der Waals surface area contributed by atoms with Crippen LogP contribution in [0.15, 0.2) is 70.7 Å². The van der Waals surface area contributed by atoms with Gasteiger partial charge in [-0.15, -0.1) is 5.10 Å². The van der Waals surface area contributed by atoms with Crippen LogP contribution in [0.5, 0.6) is 0 Å². The summed E-state index contributed by atoms with van der Waals surface area (Å²) in [5.41, 5.74) is 4.36. The van der Waals surface area contributed by atoms with E-state index in [-0.39, 0.29) is 23.4 Å². The van der Waals surface area contributed by atoms with Crippen molar-refractivity contribution in [1.29, 1.82) is 0 Å². The van der Waals surface area contributed by atoms with E-state index in [4.69, 9.17) is 4.52 Å². The Kier molecular flexibility index (Phi) is 6.05. The summed E-state index contributed by atoms with van der Waals surface area (Å²) in [5, 5.41) is 17.4. The van der Waals surface area contributed by atoms with E-state index in [1.165, 1.54) is 33.7 Å². The number of rotatable bonds is 6. The largest absolute Gasteiger partial charge is 0.364 e. The summed E-state index contributed by atoms with van der Waals surface area (Å²) in [5.74, 6) is -0.311. The van der Waals surface area contributed by atoms with Gasteiger partial charge >= 0.3 is 0 Å².